The highest BCUT2D eigenvalue weighted by atomic mass is 16.5. The Labute approximate surface area is 113 Å². The van der Waals surface area contributed by atoms with Crippen LogP contribution in [0.5, 0.6) is 0 Å². The number of nitrogens with one attached hydrogen (secondary N) is 2. The van der Waals surface area contributed by atoms with E-state index in [-0.39, 0.29) is 18.1 Å². The summed E-state index contributed by atoms with van der Waals surface area (Å²) in [6, 6.07) is 5.96. The van der Waals surface area contributed by atoms with Gasteiger partial charge >= 0.3 is 0 Å². The summed E-state index contributed by atoms with van der Waals surface area (Å²) in [6.07, 6.45) is 3.33. The van der Waals surface area contributed by atoms with Crippen LogP contribution in [-0.4, -0.2) is 31.2 Å². The fourth-order valence-corrected chi connectivity index (χ4v) is 2.81. The van der Waals surface area contributed by atoms with Gasteiger partial charge in [-0.2, -0.15) is 0 Å². The maximum Gasteiger partial charge on any atom is 0.251 e. The molecule has 0 aromatic heterocycles. The second-order valence-corrected chi connectivity index (χ2v) is 5.36. The zero-order valence-electron chi connectivity index (χ0n) is 11.2. The molecular formula is C15H20N2O2. The second-order valence-electron chi connectivity index (χ2n) is 5.36. The van der Waals surface area contributed by atoms with Crippen LogP contribution in [-0.2, 0) is 11.2 Å². The van der Waals surface area contributed by atoms with E-state index < -0.39 is 0 Å². The number of benzene rings is 1. The summed E-state index contributed by atoms with van der Waals surface area (Å²) in [4.78, 5) is 12.2. The van der Waals surface area contributed by atoms with Crippen molar-refractivity contribution in [3.8, 4) is 0 Å². The molecule has 2 aliphatic rings. The Balaban J connectivity index is 1.66. The van der Waals surface area contributed by atoms with Crippen molar-refractivity contribution in [1.29, 1.82) is 0 Å². The van der Waals surface area contributed by atoms with Crippen LogP contribution in [0.1, 0.15) is 35.7 Å². The minimum absolute atomic E-state index is 0.0144. The van der Waals surface area contributed by atoms with Crippen LogP contribution in [0, 0.1) is 0 Å². The third-order valence-electron chi connectivity index (χ3n) is 3.96. The highest BCUT2D eigenvalue weighted by molar-refractivity contribution is 5.95. The van der Waals surface area contributed by atoms with E-state index in [1.807, 2.05) is 25.1 Å². The molecule has 19 heavy (non-hydrogen) atoms. The predicted octanol–water partition coefficient (Wildman–Crippen LogP) is 1.95. The summed E-state index contributed by atoms with van der Waals surface area (Å²) < 4.78 is 5.60. The van der Waals surface area contributed by atoms with Gasteiger partial charge in [0.1, 0.15) is 0 Å². The first-order valence-corrected chi connectivity index (χ1v) is 7.03. The molecule has 1 aromatic rings. The number of carbonyl (C=O) groups is 1. The van der Waals surface area contributed by atoms with Crippen LogP contribution in [0.3, 0.4) is 0 Å². The fourth-order valence-electron chi connectivity index (χ4n) is 2.81. The fraction of sp³-hybridized carbons (Fsp3) is 0.533. The van der Waals surface area contributed by atoms with E-state index in [0.717, 1.165) is 43.7 Å². The number of ether oxygens (including phenoxy) is 1. The van der Waals surface area contributed by atoms with Crippen molar-refractivity contribution in [2.75, 3.05) is 18.5 Å². The van der Waals surface area contributed by atoms with Crippen LogP contribution in [0.4, 0.5) is 5.69 Å². The van der Waals surface area contributed by atoms with Gasteiger partial charge in [0, 0.05) is 24.4 Å². The molecule has 1 saturated heterocycles. The lowest BCUT2D eigenvalue weighted by atomic mass is 10.1. The second kappa shape index (κ2) is 5.21. The minimum atomic E-state index is -0.0144. The van der Waals surface area contributed by atoms with E-state index in [4.69, 9.17) is 4.74 Å². The molecule has 0 bridgehead atoms. The molecule has 2 N–H and O–H groups in total. The molecule has 0 radical (unpaired) electrons. The molecule has 0 aliphatic carbocycles. The van der Waals surface area contributed by atoms with Crippen LogP contribution in [0.25, 0.3) is 0 Å². The van der Waals surface area contributed by atoms with Crippen LogP contribution in [0.2, 0.25) is 0 Å². The molecule has 2 atom stereocenters. The van der Waals surface area contributed by atoms with Gasteiger partial charge in [0.25, 0.3) is 5.91 Å². The Hall–Kier alpha value is -1.55. The smallest absolute Gasteiger partial charge is 0.251 e. The summed E-state index contributed by atoms with van der Waals surface area (Å²) in [5.41, 5.74) is 3.11. The Morgan fingerprint density at radius 3 is 3.21 bits per heavy atom. The molecule has 4 nitrogen and oxygen atoms in total. The number of hydrogen-bond donors (Lipinski definition) is 2. The summed E-state index contributed by atoms with van der Waals surface area (Å²) in [6.45, 7) is 3.79. The quantitative estimate of drug-likeness (QED) is 0.873. The SMILES string of the molecule is CC(NC(=O)c1ccc2c(c1)NCC2)C1CCCO1. The van der Waals surface area contributed by atoms with E-state index in [1.54, 1.807) is 0 Å². The Bertz CT molecular complexity index is 481. The van der Waals surface area contributed by atoms with Crippen molar-refractivity contribution in [2.24, 2.45) is 0 Å². The first kappa shape index (κ1) is 12.5. The van der Waals surface area contributed by atoms with Crippen molar-refractivity contribution in [3.05, 3.63) is 29.3 Å². The zero-order valence-corrected chi connectivity index (χ0v) is 11.2. The van der Waals surface area contributed by atoms with Gasteiger partial charge in [0.2, 0.25) is 0 Å². The van der Waals surface area contributed by atoms with E-state index in [9.17, 15) is 4.79 Å². The molecule has 2 heterocycles. The summed E-state index contributed by atoms with van der Waals surface area (Å²) in [7, 11) is 0. The monoisotopic (exact) mass is 260 g/mol. The van der Waals surface area contributed by atoms with E-state index >= 15 is 0 Å². The molecule has 102 valence electrons. The van der Waals surface area contributed by atoms with E-state index in [0.29, 0.717) is 0 Å². The van der Waals surface area contributed by atoms with Crippen molar-refractivity contribution in [1.82, 2.24) is 5.32 Å². The minimum Gasteiger partial charge on any atom is -0.384 e. The molecule has 0 spiro atoms. The van der Waals surface area contributed by atoms with E-state index in [1.165, 1.54) is 5.56 Å². The number of amides is 1. The van der Waals surface area contributed by atoms with Gasteiger partial charge in [0.05, 0.1) is 12.1 Å². The Morgan fingerprint density at radius 1 is 1.53 bits per heavy atom. The lowest BCUT2D eigenvalue weighted by Crippen LogP contribution is -2.40. The van der Waals surface area contributed by atoms with Gasteiger partial charge in [-0.05, 0) is 43.9 Å². The summed E-state index contributed by atoms with van der Waals surface area (Å²) >= 11 is 0. The van der Waals surface area contributed by atoms with Crippen LogP contribution >= 0.6 is 0 Å². The largest absolute Gasteiger partial charge is 0.384 e. The van der Waals surface area contributed by atoms with Crippen molar-refractivity contribution in [2.45, 2.75) is 38.3 Å². The van der Waals surface area contributed by atoms with Crippen molar-refractivity contribution in [3.63, 3.8) is 0 Å². The summed E-state index contributed by atoms with van der Waals surface area (Å²) in [5.74, 6) is -0.0144. The number of carbonyl (C=O) groups excluding carboxylic acids is 1. The molecule has 3 rings (SSSR count). The standard InChI is InChI=1S/C15H20N2O2/c1-10(14-3-2-8-19-14)17-15(18)12-5-4-11-6-7-16-13(11)9-12/h4-5,9-10,14,16H,2-3,6-8H2,1H3,(H,17,18). The molecule has 2 aliphatic heterocycles. The number of hydrogen-bond acceptors (Lipinski definition) is 3. The maximum absolute atomic E-state index is 12.2. The molecule has 1 fully saturated rings. The lowest BCUT2D eigenvalue weighted by Gasteiger charge is -2.20. The van der Waals surface area contributed by atoms with Crippen molar-refractivity contribution < 1.29 is 9.53 Å². The van der Waals surface area contributed by atoms with Crippen LogP contribution in [0.15, 0.2) is 18.2 Å². The van der Waals surface area contributed by atoms with Gasteiger partial charge in [0.15, 0.2) is 0 Å². The number of rotatable bonds is 3. The Kier molecular flexibility index (Phi) is 3.42. The first-order valence-electron chi connectivity index (χ1n) is 7.03. The van der Waals surface area contributed by atoms with Gasteiger partial charge in [-0.15, -0.1) is 0 Å². The highest BCUT2D eigenvalue weighted by Gasteiger charge is 2.24. The Morgan fingerprint density at radius 2 is 2.42 bits per heavy atom. The maximum atomic E-state index is 12.2. The van der Waals surface area contributed by atoms with Gasteiger partial charge in [-0.25, -0.2) is 0 Å². The highest BCUT2D eigenvalue weighted by Crippen LogP contribution is 2.23. The third kappa shape index (κ3) is 2.59. The molecule has 1 aromatic carbocycles. The zero-order chi connectivity index (χ0) is 13.2. The summed E-state index contributed by atoms with van der Waals surface area (Å²) in [5, 5.41) is 6.34. The molecule has 2 unspecified atom stereocenters. The average Bonchev–Trinajstić information content (AvgIpc) is 3.09. The van der Waals surface area contributed by atoms with Gasteiger partial charge in [-0.3, -0.25) is 4.79 Å². The molecule has 4 heteroatoms. The van der Waals surface area contributed by atoms with Gasteiger partial charge < -0.3 is 15.4 Å². The number of fused-ring (bicyclic) bond motifs is 1. The predicted molar refractivity (Wildman–Crippen MR) is 74.5 cm³/mol. The topological polar surface area (TPSA) is 50.4 Å². The lowest BCUT2D eigenvalue weighted by molar-refractivity contribution is 0.0712. The first-order chi connectivity index (χ1) is 9.24. The van der Waals surface area contributed by atoms with Crippen LogP contribution < -0.4 is 10.6 Å². The van der Waals surface area contributed by atoms with Gasteiger partial charge in [-0.1, -0.05) is 6.07 Å². The number of anilines is 1. The van der Waals surface area contributed by atoms with Crippen molar-refractivity contribution >= 4 is 11.6 Å². The normalized spacial score (nSPS) is 22.7. The molecule has 0 saturated carbocycles. The molecular weight excluding hydrogens is 240 g/mol. The average molecular weight is 260 g/mol. The van der Waals surface area contributed by atoms with E-state index in [2.05, 4.69) is 10.6 Å². The molecule has 1 amide bonds. The third-order valence-corrected chi connectivity index (χ3v) is 3.96.